The number of hydrogen-bond acceptors (Lipinski definition) is 4. The minimum atomic E-state index is 0.636. The van der Waals surface area contributed by atoms with Gasteiger partial charge in [-0.25, -0.2) is 4.98 Å². The highest BCUT2D eigenvalue weighted by molar-refractivity contribution is 7.71. The van der Waals surface area contributed by atoms with Gasteiger partial charge >= 0.3 is 0 Å². The number of H-pyrrole nitrogens is 1. The number of rotatable bonds is 4. The first kappa shape index (κ1) is 12.4. The molecule has 0 saturated heterocycles. The van der Waals surface area contributed by atoms with Gasteiger partial charge in [0, 0.05) is 5.38 Å². The molecule has 0 aliphatic heterocycles. The van der Waals surface area contributed by atoms with Crippen LogP contribution in [0.25, 0.3) is 11.0 Å². The van der Waals surface area contributed by atoms with Crippen molar-refractivity contribution >= 4 is 34.6 Å². The number of aromatic nitrogens is 3. The van der Waals surface area contributed by atoms with Crippen molar-refractivity contribution in [2.45, 2.75) is 13.5 Å². The van der Waals surface area contributed by atoms with Crippen LogP contribution in [0, 0.1) is 4.77 Å². The van der Waals surface area contributed by atoms with Gasteiger partial charge < -0.3 is 14.3 Å². The number of para-hydroxylation sites is 1. The average Bonchev–Trinajstić information content (AvgIpc) is 3.01. The Morgan fingerprint density at radius 2 is 2.37 bits per heavy atom. The second kappa shape index (κ2) is 5.14. The summed E-state index contributed by atoms with van der Waals surface area (Å²) in [6.07, 6.45) is 0. The molecule has 0 amide bonds. The maximum atomic E-state index is 5.62. The van der Waals surface area contributed by atoms with Crippen LogP contribution in [0.2, 0.25) is 0 Å². The molecule has 2 aromatic heterocycles. The van der Waals surface area contributed by atoms with Gasteiger partial charge in [-0.2, -0.15) is 0 Å². The molecule has 3 rings (SSSR count). The van der Waals surface area contributed by atoms with Crippen LogP contribution in [0.1, 0.15) is 12.6 Å². The zero-order valence-electron chi connectivity index (χ0n) is 10.4. The zero-order valence-corrected chi connectivity index (χ0v) is 12.1. The predicted molar refractivity (Wildman–Crippen MR) is 79.5 cm³/mol. The molecule has 0 atom stereocenters. The Hall–Kier alpha value is -1.66. The number of thiazole rings is 1. The third-order valence-corrected chi connectivity index (χ3v) is 3.83. The first-order valence-electron chi connectivity index (χ1n) is 6.01. The quantitative estimate of drug-likeness (QED) is 0.747. The molecule has 0 fully saturated rings. The molecule has 2 heterocycles. The van der Waals surface area contributed by atoms with Gasteiger partial charge in [-0.1, -0.05) is 6.07 Å². The molecule has 0 radical (unpaired) electrons. The van der Waals surface area contributed by atoms with E-state index in [-0.39, 0.29) is 0 Å². The summed E-state index contributed by atoms with van der Waals surface area (Å²) in [6, 6.07) is 5.97. The Kier molecular flexibility index (Phi) is 3.35. The highest BCUT2D eigenvalue weighted by Crippen LogP contribution is 2.25. The smallest absolute Gasteiger partial charge is 0.178 e. The topological polar surface area (TPSA) is 42.8 Å². The monoisotopic (exact) mass is 291 g/mol. The molecule has 0 aliphatic rings. The second-order valence-corrected chi connectivity index (χ2v) is 5.18. The van der Waals surface area contributed by atoms with Crippen molar-refractivity contribution in [3.63, 3.8) is 0 Å². The van der Waals surface area contributed by atoms with E-state index in [4.69, 9.17) is 17.0 Å². The maximum absolute atomic E-state index is 5.62. The largest absolute Gasteiger partial charge is 0.492 e. The Balaban J connectivity index is 2.12. The van der Waals surface area contributed by atoms with Crippen molar-refractivity contribution in [1.82, 2.24) is 14.5 Å². The molecular formula is C13H13N3OS2. The fraction of sp³-hybridized carbons (Fsp3) is 0.231. The molecule has 0 bridgehead atoms. The van der Waals surface area contributed by atoms with Crippen molar-refractivity contribution in [2.75, 3.05) is 6.61 Å². The van der Waals surface area contributed by atoms with Crippen LogP contribution in [-0.2, 0) is 6.54 Å². The predicted octanol–water partition coefficient (Wildman–Crippen LogP) is 3.60. The van der Waals surface area contributed by atoms with E-state index in [2.05, 4.69) is 9.97 Å². The Labute approximate surface area is 119 Å². The fourth-order valence-corrected chi connectivity index (χ4v) is 2.88. The molecule has 6 heteroatoms. The molecule has 98 valence electrons. The van der Waals surface area contributed by atoms with Gasteiger partial charge in [0.25, 0.3) is 0 Å². The van der Waals surface area contributed by atoms with E-state index in [9.17, 15) is 0 Å². The number of hydrogen-bond donors (Lipinski definition) is 1. The van der Waals surface area contributed by atoms with Crippen LogP contribution in [-0.4, -0.2) is 21.1 Å². The third-order valence-electron chi connectivity index (χ3n) is 2.88. The van der Waals surface area contributed by atoms with Crippen molar-refractivity contribution in [1.29, 1.82) is 0 Å². The normalized spacial score (nSPS) is 11.0. The van der Waals surface area contributed by atoms with E-state index in [0.717, 1.165) is 22.5 Å². The third kappa shape index (κ3) is 2.29. The highest BCUT2D eigenvalue weighted by atomic mass is 32.1. The van der Waals surface area contributed by atoms with Crippen molar-refractivity contribution in [2.24, 2.45) is 0 Å². The molecular weight excluding hydrogens is 278 g/mol. The van der Waals surface area contributed by atoms with Crippen LogP contribution in [0.4, 0.5) is 0 Å². The number of aromatic amines is 1. The summed E-state index contributed by atoms with van der Waals surface area (Å²) in [4.78, 5) is 7.53. The van der Waals surface area contributed by atoms with E-state index >= 15 is 0 Å². The number of nitrogens with one attached hydrogen (secondary N) is 1. The number of nitrogens with zero attached hydrogens (tertiary/aromatic N) is 2. The van der Waals surface area contributed by atoms with Gasteiger partial charge in [0.15, 0.2) is 4.77 Å². The second-order valence-electron chi connectivity index (χ2n) is 4.08. The first-order valence-corrected chi connectivity index (χ1v) is 7.36. The summed E-state index contributed by atoms with van der Waals surface area (Å²) in [5, 5.41) is 2.03. The number of ether oxygens (including phenoxy) is 1. The summed E-state index contributed by atoms with van der Waals surface area (Å²) < 4.78 is 8.35. The summed E-state index contributed by atoms with van der Waals surface area (Å²) in [5.41, 5.74) is 4.84. The molecule has 0 spiro atoms. The Morgan fingerprint density at radius 1 is 1.47 bits per heavy atom. The molecule has 1 N–H and O–H groups in total. The van der Waals surface area contributed by atoms with Crippen LogP contribution in [0.15, 0.2) is 29.1 Å². The summed E-state index contributed by atoms with van der Waals surface area (Å²) in [6.45, 7) is 3.29. The fourth-order valence-electron chi connectivity index (χ4n) is 2.06. The minimum absolute atomic E-state index is 0.636. The molecule has 0 unspecified atom stereocenters. The SMILES string of the molecule is CCOc1cccc2c1[nH]c(=S)n2Cc1cscn1. The molecule has 4 nitrogen and oxygen atoms in total. The Morgan fingerprint density at radius 3 is 3.11 bits per heavy atom. The first-order chi connectivity index (χ1) is 9.29. The lowest BCUT2D eigenvalue weighted by Crippen LogP contribution is -1.99. The van der Waals surface area contributed by atoms with E-state index < -0.39 is 0 Å². The van der Waals surface area contributed by atoms with E-state index in [1.165, 1.54) is 0 Å². The average molecular weight is 291 g/mol. The molecule has 1 aromatic carbocycles. The molecule has 19 heavy (non-hydrogen) atoms. The van der Waals surface area contributed by atoms with Crippen molar-refractivity contribution < 1.29 is 4.74 Å². The highest BCUT2D eigenvalue weighted by Gasteiger charge is 2.09. The van der Waals surface area contributed by atoms with Crippen LogP contribution < -0.4 is 4.74 Å². The van der Waals surface area contributed by atoms with Crippen molar-refractivity contribution in [3.8, 4) is 5.75 Å². The van der Waals surface area contributed by atoms with E-state index in [0.29, 0.717) is 17.9 Å². The van der Waals surface area contributed by atoms with Crippen molar-refractivity contribution in [3.05, 3.63) is 39.6 Å². The van der Waals surface area contributed by atoms with E-state index in [1.807, 2.05) is 40.6 Å². The molecule has 0 saturated carbocycles. The number of benzene rings is 1. The van der Waals surface area contributed by atoms with Crippen LogP contribution in [0.5, 0.6) is 5.75 Å². The minimum Gasteiger partial charge on any atom is -0.492 e. The summed E-state index contributed by atoms with van der Waals surface area (Å²) in [5.74, 6) is 0.836. The van der Waals surface area contributed by atoms with Gasteiger partial charge in [-0.05, 0) is 31.3 Å². The van der Waals surface area contributed by atoms with Gasteiger partial charge in [-0.15, -0.1) is 11.3 Å². The summed E-state index contributed by atoms with van der Waals surface area (Å²) in [7, 11) is 0. The van der Waals surface area contributed by atoms with Gasteiger partial charge in [0.1, 0.15) is 11.3 Å². The van der Waals surface area contributed by atoms with Gasteiger partial charge in [0.2, 0.25) is 0 Å². The number of fused-ring (bicyclic) bond motifs is 1. The lowest BCUT2D eigenvalue weighted by atomic mass is 10.3. The van der Waals surface area contributed by atoms with Crippen LogP contribution >= 0.6 is 23.6 Å². The van der Waals surface area contributed by atoms with Crippen LogP contribution in [0.3, 0.4) is 0 Å². The van der Waals surface area contributed by atoms with E-state index in [1.54, 1.807) is 11.3 Å². The number of imidazole rings is 1. The lowest BCUT2D eigenvalue weighted by molar-refractivity contribution is 0.343. The van der Waals surface area contributed by atoms with Gasteiger partial charge in [0.05, 0.1) is 29.9 Å². The maximum Gasteiger partial charge on any atom is 0.178 e. The molecule has 3 aromatic rings. The standard InChI is InChI=1S/C13H13N3OS2/c1-2-17-11-5-3-4-10-12(11)15-13(18)16(10)6-9-7-19-8-14-9/h3-5,7-8H,2,6H2,1H3,(H,15,18). The lowest BCUT2D eigenvalue weighted by Gasteiger charge is -2.05. The molecule has 0 aliphatic carbocycles. The zero-order chi connectivity index (χ0) is 13.2. The Bertz CT molecular complexity index is 743. The summed E-state index contributed by atoms with van der Waals surface area (Å²) >= 11 is 6.99. The van der Waals surface area contributed by atoms with Gasteiger partial charge in [-0.3, -0.25) is 0 Å².